The van der Waals surface area contributed by atoms with E-state index in [2.05, 4.69) is 60.3 Å². The van der Waals surface area contributed by atoms with Crippen molar-refractivity contribution in [1.29, 1.82) is 0 Å². The molecule has 0 aliphatic rings. The average molecular weight is 438 g/mol. The van der Waals surface area contributed by atoms with Crippen LogP contribution in [0.4, 0.5) is 0 Å². The van der Waals surface area contributed by atoms with E-state index in [1.807, 2.05) is 18.2 Å². The van der Waals surface area contributed by atoms with Crippen molar-refractivity contribution < 1.29 is 0 Å². The largest absolute Gasteiger partial charge is 0.370 e. The number of halogens is 1. The molecule has 0 radical (unpaired) electrons. The first kappa shape index (κ1) is 20.4. The van der Waals surface area contributed by atoms with Crippen LogP contribution in [-0.4, -0.2) is 24.0 Å². The molecule has 1 aromatic carbocycles. The third-order valence-corrected chi connectivity index (χ3v) is 3.93. The number of pyridine rings is 1. The van der Waals surface area contributed by atoms with Gasteiger partial charge in [0.2, 0.25) is 0 Å². The number of aliphatic imine (C=N–C) groups is 1. The highest BCUT2D eigenvalue weighted by Crippen LogP contribution is 2.26. The standard InChI is InChI=1S/C19H26N4.HI/c1-15-8-4-5-10-17(15)19(2,3)14-23-18(20)22-13-11-16-9-6-7-12-21-16;/h4-10,12H,11,13-14H2,1-3H3,(H3,20,22,23);1H. The fraction of sp³-hybridized carbons (Fsp3) is 0.368. The number of aryl methyl sites for hydroxylation is 1. The molecule has 0 amide bonds. The van der Waals surface area contributed by atoms with E-state index in [1.165, 1.54) is 11.1 Å². The van der Waals surface area contributed by atoms with Crippen molar-refractivity contribution in [3.63, 3.8) is 0 Å². The van der Waals surface area contributed by atoms with Crippen LogP contribution in [0, 0.1) is 6.92 Å². The number of nitrogens with zero attached hydrogens (tertiary/aromatic N) is 2. The third kappa shape index (κ3) is 6.11. The van der Waals surface area contributed by atoms with Gasteiger partial charge in [0.1, 0.15) is 0 Å². The van der Waals surface area contributed by atoms with Gasteiger partial charge in [-0.3, -0.25) is 9.98 Å². The SMILES string of the molecule is Cc1ccccc1C(C)(C)CN=C(N)NCCc1ccccn1.I. The Morgan fingerprint density at radius 1 is 1.17 bits per heavy atom. The number of hydrogen-bond donors (Lipinski definition) is 2. The van der Waals surface area contributed by atoms with E-state index < -0.39 is 0 Å². The number of guanidine groups is 1. The van der Waals surface area contributed by atoms with Gasteiger partial charge in [0, 0.05) is 30.3 Å². The summed E-state index contributed by atoms with van der Waals surface area (Å²) in [7, 11) is 0. The molecule has 4 nitrogen and oxygen atoms in total. The minimum Gasteiger partial charge on any atom is -0.370 e. The van der Waals surface area contributed by atoms with Crippen molar-refractivity contribution in [3.8, 4) is 0 Å². The smallest absolute Gasteiger partial charge is 0.188 e. The summed E-state index contributed by atoms with van der Waals surface area (Å²) in [6.45, 7) is 7.91. The summed E-state index contributed by atoms with van der Waals surface area (Å²) in [4.78, 5) is 8.80. The molecule has 130 valence electrons. The quantitative estimate of drug-likeness (QED) is 0.413. The van der Waals surface area contributed by atoms with E-state index >= 15 is 0 Å². The van der Waals surface area contributed by atoms with Crippen molar-refractivity contribution in [2.75, 3.05) is 13.1 Å². The van der Waals surface area contributed by atoms with Crippen LogP contribution in [0.2, 0.25) is 0 Å². The first-order valence-corrected chi connectivity index (χ1v) is 7.99. The van der Waals surface area contributed by atoms with Crippen molar-refractivity contribution >= 4 is 29.9 Å². The van der Waals surface area contributed by atoms with Gasteiger partial charge in [0.15, 0.2) is 5.96 Å². The molecule has 0 aliphatic heterocycles. The zero-order valence-corrected chi connectivity index (χ0v) is 17.0. The normalized spacial score (nSPS) is 11.7. The Bertz CT molecular complexity index is 653. The molecular weight excluding hydrogens is 411 g/mol. The average Bonchev–Trinajstić information content (AvgIpc) is 2.54. The minimum atomic E-state index is -0.0430. The minimum absolute atomic E-state index is 0. The van der Waals surface area contributed by atoms with Crippen molar-refractivity contribution in [2.45, 2.75) is 32.6 Å². The van der Waals surface area contributed by atoms with E-state index in [0.29, 0.717) is 12.5 Å². The fourth-order valence-electron chi connectivity index (χ4n) is 2.62. The number of aromatic nitrogens is 1. The second kappa shape index (κ2) is 9.61. The highest BCUT2D eigenvalue weighted by molar-refractivity contribution is 14.0. The Labute approximate surface area is 162 Å². The fourth-order valence-corrected chi connectivity index (χ4v) is 2.62. The van der Waals surface area contributed by atoms with E-state index in [9.17, 15) is 0 Å². The van der Waals surface area contributed by atoms with Gasteiger partial charge < -0.3 is 11.1 Å². The molecule has 3 N–H and O–H groups in total. The summed E-state index contributed by atoms with van der Waals surface area (Å²) in [6.07, 6.45) is 2.63. The van der Waals surface area contributed by atoms with Crippen molar-refractivity contribution in [1.82, 2.24) is 10.3 Å². The van der Waals surface area contributed by atoms with Crippen LogP contribution >= 0.6 is 24.0 Å². The second-order valence-electron chi connectivity index (χ2n) is 6.40. The molecule has 2 aromatic rings. The lowest BCUT2D eigenvalue weighted by molar-refractivity contribution is 0.535. The predicted octanol–water partition coefficient (Wildman–Crippen LogP) is 3.43. The zero-order valence-electron chi connectivity index (χ0n) is 14.6. The Kier molecular flexibility index (Phi) is 8.18. The van der Waals surface area contributed by atoms with Crippen molar-refractivity contribution in [2.24, 2.45) is 10.7 Å². The van der Waals surface area contributed by atoms with Gasteiger partial charge in [0.25, 0.3) is 0 Å². The molecule has 24 heavy (non-hydrogen) atoms. The number of hydrogen-bond acceptors (Lipinski definition) is 2. The number of nitrogens with two attached hydrogens (primary N) is 1. The molecule has 1 heterocycles. The summed E-state index contributed by atoms with van der Waals surface area (Å²) in [5, 5.41) is 3.16. The van der Waals surface area contributed by atoms with Crippen LogP contribution in [-0.2, 0) is 11.8 Å². The number of rotatable bonds is 6. The molecule has 5 heteroatoms. The van der Waals surface area contributed by atoms with Gasteiger partial charge in [-0.05, 0) is 30.2 Å². The van der Waals surface area contributed by atoms with Crippen LogP contribution in [0.1, 0.15) is 30.7 Å². The van der Waals surface area contributed by atoms with Crippen LogP contribution in [0.5, 0.6) is 0 Å². The Balaban J connectivity index is 0.00000288. The van der Waals surface area contributed by atoms with Crippen LogP contribution in [0.3, 0.4) is 0 Å². The number of nitrogens with one attached hydrogen (secondary N) is 1. The van der Waals surface area contributed by atoms with E-state index in [-0.39, 0.29) is 29.4 Å². The molecule has 0 atom stereocenters. The van der Waals surface area contributed by atoms with Gasteiger partial charge in [-0.15, -0.1) is 24.0 Å². The summed E-state index contributed by atoms with van der Waals surface area (Å²) < 4.78 is 0. The molecule has 0 unspecified atom stereocenters. The van der Waals surface area contributed by atoms with Gasteiger partial charge in [0.05, 0.1) is 6.54 Å². The van der Waals surface area contributed by atoms with Gasteiger partial charge >= 0.3 is 0 Å². The highest BCUT2D eigenvalue weighted by atomic mass is 127. The van der Waals surface area contributed by atoms with E-state index in [0.717, 1.165) is 18.7 Å². The highest BCUT2D eigenvalue weighted by Gasteiger charge is 2.21. The molecule has 0 spiro atoms. The monoisotopic (exact) mass is 438 g/mol. The summed E-state index contributed by atoms with van der Waals surface area (Å²) in [6, 6.07) is 14.3. The van der Waals surface area contributed by atoms with Crippen molar-refractivity contribution in [3.05, 3.63) is 65.5 Å². The lowest BCUT2D eigenvalue weighted by Crippen LogP contribution is -2.35. The van der Waals surface area contributed by atoms with Gasteiger partial charge in [-0.25, -0.2) is 0 Å². The van der Waals surface area contributed by atoms with Gasteiger partial charge in [-0.2, -0.15) is 0 Å². The Morgan fingerprint density at radius 2 is 1.88 bits per heavy atom. The lowest BCUT2D eigenvalue weighted by atomic mass is 9.82. The molecule has 0 saturated carbocycles. The molecule has 2 rings (SSSR count). The molecule has 1 aromatic heterocycles. The summed E-state index contributed by atoms with van der Waals surface area (Å²) >= 11 is 0. The topological polar surface area (TPSA) is 63.3 Å². The third-order valence-electron chi connectivity index (χ3n) is 3.93. The maximum absolute atomic E-state index is 5.98. The predicted molar refractivity (Wildman–Crippen MR) is 112 cm³/mol. The Morgan fingerprint density at radius 3 is 2.54 bits per heavy atom. The number of benzene rings is 1. The molecule has 0 bridgehead atoms. The first-order chi connectivity index (χ1) is 11.0. The summed E-state index contributed by atoms with van der Waals surface area (Å²) in [5.74, 6) is 0.489. The van der Waals surface area contributed by atoms with Crippen LogP contribution < -0.4 is 11.1 Å². The Hall–Kier alpha value is -1.63. The maximum atomic E-state index is 5.98. The molecule has 0 fully saturated rings. The van der Waals surface area contributed by atoms with Crippen LogP contribution in [0.15, 0.2) is 53.7 Å². The maximum Gasteiger partial charge on any atom is 0.188 e. The summed E-state index contributed by atoms with van der Waals surface area (Å²) in [5.41, 5.74) is 9.58. The van der Waals surface area contributed by atoms with E-state index in [1.54, 1.807) is 6.20 Å². The van der Waals surface area contributed by atoms with Crippen LogP contribution in [0.25, 0.3) is 0 Å². The lowest BCUT2D eigenvalue weighted by Gasteiger charge is -2.25. The zero-order chi connectivity index (χ0) is 16.7. The molecular formula is C19H27IN4. The van der Waals surface area contributed by atoms with Gasteiger partial charge in [-0.1, -0.05) is 44.2 Å². The second-order valence-corrected chi connectivity index (χ2v) is 6.40. The molecule has 0 aliphatic carbocycles. The van der Waals surface area contributed by atoms with E-state index in [4.69, 9.17) is 5.73 Å². The first-order valence-electron chi connectivity index (χ1n) is 7.99. The molecule has 0 saturated heterocycles.